The number of aromatic nitrogens is 3. The lowest BCUT2D eigenvalue weighted by molar-refractivity contribution is -0.130. The summed E-state index contributed by atoms with van der Waals surface area (Å²) in [5.74, 6) is 2.14. The summed E-state index contributed by atoms with van der Waals surface area (Å²) in [6.45, 7) is 3.42. The molecule has 1 aromatic rings. The summed E-state index contributed by atoms with van der Waals surface area (Å²) < 4.78 is 0. The molecule has 0 atom stereocenters. The molecule has 0 aliphatic carbocycles. The Morgan fingerprint density at radius 2 is 2.37 bits per heavy atom. The molecule has 1 N–H and O–H groups in total. The molecule has 2 amide bonds. The van der Waals surface area contributed by atoms with Crippen LogP contribution in [0.25, 0.3) is 0 Å². The van der Waals surface area contributed by atoms with Crippen molar-refractivity contribution in [2.75, 3.05) is 25.9 Å². The normalized spacial score (nSPS) is 15.1. The van der Waals surface area contributed by atoms with E-state index in [0.29, 0.717) is 25.3 Å². The van der Waals surface area contributed by atoms with Gasteiger partial charge in [-0.1, -0.05) is 11.8 Å². The maximum Gasteiger partial charge on any atom is 0.281 e. The second-order valence-corrected chi connectivity index (χ2v) is 5.48. The fourth-order valence-electron chi connectivity index (χ4n) is 1.81. The Bertz CT molecular complexity index is 475. The molecule has 1 aliphatic heterocycles. The molecule has 7 nitrogen and oxygen atoms in total. The number of nitrogens with zero attached hydrogens (tertiary/aromatic N) is 4. The minimum atomic E-state index is -0.00727. The molecule has 0 radical (unpaired) electrons. The second-order valence-electron chi connectivity index (χ2n) is 4.44. The summed E-state index contributed by atoms with van der Waals surface area (Å²) in [4.78, 5) is 30.8. The molecule has 1 saturated heterocycles. The average molecular weight is 283 g/mol. The Kier molecular flexibility index (Phi) is 4.41. The summed E-state index contributed by atoms with van der Waals surface area (Å²) in [5.41, 5.74) is 0. The first-order valence-corrected chi connectivity index (χ1v) is 7.08. The van der Waals surface area contributed by atoms with E-state index in [2.05, 4.69) is 15.2 Å². The van der Waals surface area contributed by atoms with Crippen LogP contribution < -0.4 is 0 Å². The third kappa shape index (κ3) is 3.69. The van der Waals surface area contributed by atoms with E-state index in [-0.39, 0.29) is 11.1 Å². The number of aromatic amines is 1. The number of thioether (sulfide) groups is 1. The van der Waals surface area contributed by atoms with Gasteiger partial charge in [0.1, 0.15) is 5.82 Å². The summed E-state index contributed by atoms with van der Waals surface area (Å²) in [7, 11) is 1.72. The van der Waals surface area contributed by atoms with E-state index in [1.165, 1.54) is 11.8 Å². The van der Waals surface area contributed by atoms with Crippen LogP contribution in [0.4, 0.5) is 4.79 Å². The van der Waals surface area contributed by atoms with Crippen molar-refractivity contribution >= 4 is 22.9 Å². The summed E-state index contributed by atoms with van der Waals surface area (Å²) in [6.07, 6.45) is 0.339. The van der Waals surface area contributed by atoms with Gasteiger partial charge in [-0.2, -0.15) is 5.10 Å². The van der Waals surface area contributed by atoms with Crippen LogP contribution in [-0.4, -0.2) is 62.0 Å². The van der Waals surface area contributed by atoms with Crippen LogP contribution in [0.3, 0.4) is 0 Å². The first kappa shape index (κ1) is 13.9. The highest BCUT2D eigenvalue weighted by Crippen LogP contribution is 2.17. The van der Waals surface area contributed by atoms with Gasteiger partial charge in [0.25, 0.3) is 5.24 Å². The zero-order valence-electron chi connectivity index (χ0n) is 11.0. The lowest BCUT2D eigenvalue weighted by atomic mass is 10.3. The number of amides is 2. The van der Waals surface area contributed by atoms with Crippen molar-refractivity contribution in [1.29, 1.82) is 0 Å². The smallest absolute Gasteiger partial charge is 0.281 e. The third-order valence-electron chi connectivity index (χ3n) is 2.89. The lowest BCUT2D eigenvalue weighted by Gasteiger charge is -2.18. The monoisotopic (exact) mass is 283 g/mol. The van der Waals surface area contributed by atoms with Gasteiger partial charge in [-0.15, -0.1) is 0 Å². The summed E-state index contributed by atoms with van der Waals surface area (Å²) in [5, 5.41) is 6.80. The van der Waals surface area contributed by atoms with Crippen molar-refractivity contribution in [2.45, 2.75) is 19.9 Å². The van der Waals surface area contributed by atoms with Gasteiger partial charge in [-0.05, 0) is 6.92 Å². The highest BCUT2D eigenvalue weighted by atomic mass is 32.2. The topological polar surface area (TPSA) is 82.2 Å². The number of rotatable bonds is 5. The number of aryl methyl sites for hydroxylation is 1. The largest absolute Gasteiger partial charge is 0.338 e. The van der Waals surface area contributed by atoms with E-state index in [1.807, 2.05) is 6.92 Å². The Morgan fingerprint density at radius 1 is 1.58 bits per heavy atom. The van der Waals surface area contributed by atoms with E-state index in [1.54, 1.807) is 16.8 Å². The molecule has 8 heteroatoms. The molecule has 1 aliphatic rings. The molecule has 2 rings (SSSR count). The minimum absolute atomic E-state index is 0.00727. The SMILES string of the molecule is Cc1nc(CN(C)C(=O)CCN2CCSC2=O)n[nH]1. The predicted molar refractivity (Wildman–Crippen MR) is 71.6 cm³/mol. The molecule has 1 fully saturated rings. The van der Waals surface area contributed by atoms with Gasteiger partial charge < -0.3 is 9.80 Å². The van der Waals surface area contributed by atoms with E-state index in [9.17, 15) is 9.59 Å². The first-order chi connectivity index (χ1) is 9.06. The van der Waals surface area contributed by atoms with E-state index in [0.717, 1.165) is 18.1 Å². The number of carbonyl (C=O) groups excluding carboxylic acids is 2. The van der Waals surface area contributed by atoms with Gasteiger partial charge in [0.05, 0.1) is 6.54 Å². The number of nitrogens with one attached hydrogen (secondary N) is 1. The number of hydrogen-bond acceptors (Lipinski definition) is 5. The number of carbonyl (C=O) groups is 2. The van der Waals surface area contributed by atoms with Crippen molar-refractivity contribution in [1.82, 2.24) is 25.0 Å². The Morgan fingerprint density at radius 3 is 2.95 bits per heavy atom. The van der Waals surface area contributed by atoms with Gasteiger partial charge >= 0.3 is 0 Å². The molecule has 0 bridgehead atoms. The van der Waals surface area contributed by atoms with Crippen molar-refractivity contribution in [3.63, 3.8) is 0 Å². The highest BCUT2D eigenvalue weighted by Gasteiger charge is 2.22. The maximum atomic E-state index is 11.9. The molecule has 19 heavy (non-hydrogen) atoms. The van der Waals surface area contributed by atoms with Crippen LogP contribution in [0.1, 0.15) is 18.1 Å². The van der Waals surface area contributed by atoms with Crippen molar-refractivity contribution < 1.29 is 9.59 Å². The minimum Gasteiger partial charge on any atom is -0.338 e. The van der Waals surface area contributed by atoms with E-state index >= 15 is 0 Å². The predicted octanol–water partition coefficient (Wildman–Crippen LogP) is 0.630. The van der Waals surface area contributed by atoms with Crippen LogP contribution in [0.2, 0.25) is 0 Å². The molecule has 1 aromatic heterocycles. The quantitative estimate of drug-likeness (QED) is 0.857. The fourth-order valence-corrected chi connectivity index (χ4v) is 2.66. The van der Waals surface area contributed by atoms with E-state index < -0.39 is 0 Å². The summed E-state index contributed by atoms with van der Waals surface area (Å²) >= 11 is 1.31. The third-order valence-corrected chi connectivity index (χ3v) is 3.78. The van der Waals surface area contributed by atoms with Crippen LogP contribution in [0.5, 0.6) is 0 Å². The van der Waals surface area contributed by atoms with Crippen molar-refractivity contribution in [3.05, 3.63) is 11.6 Å². The number of H-pyrrole nitrogens is 1. The Hall–Kier alpha value is -1.57. The maximum absolute atomic E-state index is 11.9. The van der Waals surface area contributed by atoms with Crippen LogP contribution in [-0.2, 0) is 11.3 Å². The first-order valence-electron chi connectivity index (χ1n) is 6.10. The van der Waals surface area contributed by atoms with Gasteiger partial charge in [0.2, 0.25) is 5.91 Å². The lowest BCUT2D eigenvalue weighted by Crippen LogP contribution is -2.32. The van der Waals surface area contributed by atoms with Gasteiger partial charge in [0, 0.05) is 32.3 Å². The number of hydrogen-bond donors (Lipinski definition) is 1. The molecule has 104 valence electrons. The van der Waals surface area contributed by atoms with Gasteiger partial charge in [-0.25, -0.2) is 4.98 Å². The molecule has 0 unspecified atom stereocenters. The molecule has 2 heterocycles. The van der Waals surface area contributed by atoms with Crippen molar-refractivity contribution in [3.8, 4) is 0 Å². The fraction of sp³-hybridized carbons (Fsp3) is 0.636. The van der Waals surface area contributed by atoms with Crippen LogP contribution in [0.15, 0.2) is 0 Å². The van der Waals surface area contributed by atoms with Crippen molar-refractivity contribution in [2.24, 2.45) is 0 Å². The zero-order valence-corrected chi connectivity index (χ0v) is 11.9. The van der Waals surface area contributed by atoms with Gasteiger partial charge in [0.15, 0.2) is 5.82 Å². The average Bonchev–Trinajstić information content (AvgIpc) is 2.95. The van der Waals surface area contributed by atoms with Crippen LogP contribution >= 0.6 is 11.8 Å². The Labute approximate surface area is 115 Å². The molecular formula is C11H17N5O2S. The van der Waals surface area contributed by atoms with Crippen LogP contribution in [0, 0.1) is 6.92 Å². The molecule has 0 aromatic carbocycles. The van der Waals surface area contributed by atoms with E-state index in [4.69, 9.17) is 0 Å². The second kappa shape index (κ2) is 6.05. The Balaban J connectivity index is 1.77. The van der Waals surface area contributed by atoms with Gasteiger partial charge in [-0.3, -0.25) is 14.7 Å². The zero-order chi connectivity index (χ0) is 13.8. The molecule has 0 spiro atoms. The standard InChI is InChI=1S/C11H17N5O2S/c1-8-12-9(14-13-8)7-15(2)10(17)3-4-16-5-6-19-11(16)18/h3-7H2,1-2H3,(H,12,13,14). The highest BCUT2D eigenvalue weighted by molar-refractivity contribution is 8.13. The molecule has 0 saturated carbocycles. The molecular weight excluding hydrogens is 266 g/mol. The summed E-state index contributed by atoms with van der Waals surface area (Å²) in [6, 6.07) is 0.